The fourth-order valence-corrected chi connectivity index (χ4v) is 16.2. The van der Waals surface area contributed by atoms with Crippen LogP contribution >= 0.6 is 34.4 Å². The molecule has 2 aromatic heterocycles. The van der Waals surface area contributed by atoms with Crippen LogP contribution in [0.4, 0.5) is 21.0 Å². The highest BCUT2D eigenvalue weighted by molar-refractivity contribution is 7.99. The van der Waals surface area contributed by atoms with E-state index in [0.717, 1.165) is 37.4 Å². The normalized spacial score (nSPS) is 13.5. The van der Waals surface area contributed by atoms with Gasteiger partial charge in [0.15, 0.2) is 9.84 Å². The third-order valence-electron chi connectivity index (χ3n) is 13.4. The molecule has 4 heterocycles. The quantitative estimate of drug-likeness (QED) is 0.0343. The number of amides is 6. The topological polar surface area (TPSA) is 321 Å². The van der Waals surface area contributed by atoms with Gasteiger partial charge < -0.3 is 41.4 Å². The largest absolute Gasteiger partial charge is 0.444 e. The van der Waals surface area contributed by atoms with E-state index in [4.69, 9.17) is 9.47 Å². The number of sulfone groups is 3. The van der Waals surface area contributed by atoms with E-state index in [1.165, 1.54) is 95.5 Å². The van der Waals surface area contributed by atoms with Crippen molar-refractivity contribution >= 4 is 111 Å². The molecule has 6 amide bonds. The minimum absolute atomic E-state index is 0. The maximum absolute atomic E-state index is 13.2. The van der Waals surface area contributed by atoms with Crippen molar-refractivity contribution in [3.63, 3.8) is 0 Å². The summed E-state index contributed by atoms with van der Waals surface area (Å²) in [6.07, 6.45) is 3.33. The van der Waals surface area contributed by atoms with E-state index in [1.807, 2.05) is 45.0 Å². The number of aromatic nitrogens is 2. The fraction of sp³-hybridized carbons (Fsp3) is 0.262. The van der Waals surface area contributed by atoms with Crippen molar-refractivity contribution in [2.24, 2.45) is 0 Å². The SMILES string of the molecule is C.CC(C)(C)OC(=O)NCCCS(=O)(=O)c1ccc(-c2ncc(CNC(=O)c3ccc4c(c3)NC(=O)c3ccccc3S4(=O)=O)s2)cc1.CC(C)(C)OC(=O)NCCCSc1ccc(-c2ncc(CNC(=O)c3ccc4c(c3)NC(=O)c3ccccc3S4(=O)=O)s2)cc1. The molecular formula is C65H68N8O14S6. The summed E-state index contributed by atoms with van der Waals surface area (Å²) >= 11 is 4.47. The number of carbonyl (C=O) groups excluding carboxylic acids is 6. The Hall–Kier alpha value is -8.80. The predicted molar refractivity (Wildman–Crippen MR) is 357 cm³/mol. The number of hydrogen-bond acceptors (Lipinski definition) is 19. The summed E-state index contributed by atoms with van der Waals surface area (Å²) < 4.78 is 88.7. The van der Waals surface area contributed by atoms with Crippen molar-refractivity contribution in [1.29, 1.82) is 0 Å². The summed E-state index contributed by atoms with van der Waals surface area (Å²) in [7, 11) is -11.5. The summed E-state index contributed by atoms with van der Waals surface area (Å²) in [5, 5.41) is 17.6. The van der Waals surface area contributed by atoms with E-state index in [9.17, 15) is 54.0 Å². The van der Waals surface area contributed by atoms with Gasteiger partial charge in [-0.2, -0.15) is 0 Å². The van der Waals surface area contributed by atoms with Crippen molar-refractivity contribution in [2.75, 3.05) is 35.2 Å². The molecule has 10 rings (SSSR count). The number of thiazole rings is 2. The van der Waals surface area contributed by atoms with Crippen LogP contribution in [0, 0.1) is 0 Å². The molecule has 93 heavy (non-hydrogen) atoms. The Bertz CT molecular complexity index is 4480. The summed E-state index contributed by atoms with van der Waals surface area (Å²) in [5.41, 5.74) is 1.02. The highest BCUT2D eigenvalue weighted by Gasteiger charge is 2.33. The average molecular weight is 1380 g/mol. The number of anilines is 2. The van der Waals surface area contributed by atoms with Gasteiger partial charge in [-0.25, -0.2) is 44.8 Å². The second-order valence-electron chi connectivity index (χ2n) is 22.7. The molecule has 2 aliphatic rings. The first kappa shape index (κ1) is 70.1. The van der Waals surface area contributed by atoms with Gasteiger partial charge >= 0.3 is 12.2 Å². The number of nitrogens with one attached hydrogen (secondary N) is 6. The molecule has 0 fully saturated rings. The molecule has 8 aromatic rings. The number of carbonyl (C=O) groups is 6. The van der Waals surface area contributed by atoms with E-state index < -0.39 is 76.5 Å². The van der Waals surface area contributed by atoms with Crippen LogP contribution in [0.25, 0.3) is 21.1 Å². The standard InChI is InChI=1S/C32H32N4O8S3.C32H32N4O6S3.CH4/c1-32(2,3)44-31(39)33-15-6-16-46(40,41)23-12-9-20(10-13-23)30-35-19-22(45-30)18-34-28(37)21-11-14-27-25(17-21)36-29(38)24-7-4-5-8-26(24)47(27,42)43;1-32(2,3)42-31(39)33-15-6-16-43-22-12-9-20(10-13-22)30-35-19-23(44-30)18-34-28(37)21-11-14-27-25(17-21)36-29(38)24-7-4-5-8-26(24)45(27,40)41;/h4-5,7-14,17,19H,6,15-16,18H2,1-3H3,(H,33,39)(H,34,37)(H,36,38);4-5,7-14,17,19H,6,15-16,18H2,1-3H3,(H,33,39)(H,34,37)(H,36,38);1H4. The minimum atomic E-state index is -3.99. The van der Waals surface area contributed by atoms with Crippen LogP contribution in [0.3, 0.4) is 0 Å². The van der Waals surface area contributed by atoms with Gasteiger partial charge in [-0.1, -0.05) is 56.0 Å². The Morgan fingerprint density at radius 3 is 1.41 bits per heavy atom. The molecule has 0 radical (unpaired) electrons. The van der Waals surface area contributed by atoms with Gasteiger partial charge in [-0.05, 0) is 145 Å². The fourth-order valence-electron chi connectivity index (χ4n) is 9.13. The number of thioether (sulfide) groups is 1. The Morgan fingerprint density at radius 1 is 0.548 bits per heavy atom. The highest BCUT2D eigenvalue weighted by atomic mass is 32.2. The van der Waals surface area contributed by atoms with E-state index in [2.05, 4.69) is 41.9 Å². The van der Waals surface area contributed by atoms with Gasteiger partial charge in [0, 0.05) is 62.4 Å². The lowest BCUT2D eigenvalue weighted by atomic mass is 10.1. The van der Waals surface area contributed by atoms with Gasteiger partial charge in [0.2, 0.25) is 19.7 Å². The van der Waals surface area contributed by atoms with Crippen LogP contribution in [0.15, 0.2) is 175 Å². The van der Waals surface area contributed by atoms with Crippen LogP contribution < -0.4 is 31.9 Å². The molecule has 0 saturated heterocycles. The average Bonchev–Trinajstić information content (AvgIpc) is 1.68. The molecule has 0 atom stereocenters. The van der Waals surface area contributed by atoms with E-state index >= 15 is 0 Å². The second kappa shape index (κ2) is 29.4. The maximum atomic E-state index is 13.2. The third kappa shape index (κ3) is 17.9. The molecule has 0 saturated carbocycles. The third-order valence-corrected chi connectivity index (χ3v) is 22.2. The molecule has 28 heteroatoms. The first-order valence-electron chi connectivity index (χ1n) is 28.6. The molecule has 0 spiro atoms. The Balaban J connectivity index is 0.000000237. The number of rotatable bonds is 18. The smallest absolute Gasteiger partial charge is 0.407 e. The molecular weight excluding hydrogens is 1310 g/mol. The molecule has 22 nitrogen and oxygen atoms in total. The monoisotopic (exact) mass is 1380 g/mol. The lowest BCUT2D eigenvalue weighted by Crippen LogP contribution is -2.33. The van der Waals surface area contributed by atoms with Crippen LogP contribution in [-0.4, -0.2) is 107 Å². The van der Waals surface area contributed by atoms with Gasteiger partial charge in [-0.15, -0.1) is 34.4 Å². The molecule has 488 valence electrons. The number of fused-ring (bicyclic) bond motifs is 4. The number of ether oxygens (including phenoxy) is 2. The predicted octanol–water partition coefficient (Wildman–Crippen LogP) is 11.6. The molecule has 0 aliphatic carbocycles. The Kier molecular flexibility index (Phi) is 22.2. The van der Waals surface area contributed by atoms with Crippen molar-refractivity contribution in [3.05, 3.63) is 178 Å². The number of benzene rings is 6. The van der Waals surface area contributed by atoms with Crippen molar-refractivity contribution in [1.82, 2.24) is 31.2 Å². The highest BCUT2D eigenvalue weighted by Crippen LogP contribution is 2.37. The van der Waals surface area contributed by atoms with Gasteiger partial charge in [0.25, 0.3) is 23.6 Å². The summed E-state index contributed by atoms with van der Waals surface area (Å²) in [5.74, 6) is -1.34. The first-order chi connectivity index (χ1) is 43.5. The van der Waals surface area contributed by atoms with Gasteiger partial charge in [0.1, 0.15) is 21.2 Å². The molecule has 6 N–H and O–H groups in total. The second-order valence-corrected chi connectivity index (χ2v) is 32.0. The van der Waals surface area contributed by atoms with E-state index in [0.29, 0.717) is 17.1 Å². The lowest BCUT2D eigenvalue weighted by Gasteiger charge is -2.19. The zero-order chi connectivity index (χ0) is 66.2. The Labute approximate surface area is 551 Å². The summed E-state index contributed by atoms with van der Waals surface area (Å²) in [6.45, 7) is 11.8. The van der Waals surface area contributed by atoms with Crippen LogP contribution in [0.2, 0.25) is 0 Å². The number of alkyl carbamates (subject to hydrolysis) is 2. The van der Waals surface area contributed by atoms with Gasteiger partial charge in [0.05, 0.1) is 65.8 Å². The zero-order valence-corrected chi connectivity index (χ0v) is 55.5. The molecule has 0 bridgehead atoms. The number of nitrogens with zero attached hydrogens (tertiary/aromatic N) is 2. The lowest BCUT2D eigenvalue weighted by molar-refractivity contribution is 0.0516. The number of hydrogen-bond donors (Lipinski definition) is 6. The minimum Gasteiger partial charge on any atom is -0.444 e. The zero-order valence-electron chi connectivity index (χ0n) is 50.6. The van der Waals surface area contributed by atoms with Crippen LogP contribution in [0.1, 0.15) is 113 Å². The van der Waals surface area contributed by atoms with Crippen molar-refractivity contribution < 1.29 is 63.5 Å². The van der Waals surface area contributed by atoms with E-state index in [-0.39, 0.29) is 97.3 Å². The molecule has 2 aliphatic heterocycles. The van der Waals surface area contributed by atoms with Crippen LogP contribution in [0.5, 0.6) is 0 Å². The molecule has 0 unspecified atom stereocenters. The molecule has 6 aromatic carbocycles. The van der Waals surface area contributed by atoms with Gasteiger partial charge in [-0.3, -0.25) is 19.2 Å². The summed E-state index contributed by atoms with van der Waals surface area (Å²) in [6, 6.07) is 34.5. The van der Waals surface area contributed by atoms with Crippen LogP contribution in [-0.2, 0) is 52.1 Å². The first-order valence-corrected chi connectivity index (χ1v) is 35.8. The van der Waals surface area contributed by atoms with Crippen molar-refractivity contribution in [2.45, 2.75) is 115 Å². The maximum Gasteiger partial charge on any atom is 0.407 e. The van der Waals surface area contributed by atoms with E-state index in [1.54, 1.807) is 81.3 Å². The Morgan fingerprint density at radius 2 is 0.968 bits per heavy atom. The summed E-state index contributed by atoms with van der Waals surface area (Å²) in [4.78, 5) is 86.2. The van der Waals surface area contributed by atoms with Crippen molar-refractivity contribution in [3.8, 4) is 21.1 Å².